The van der Waals surface area contributed by atoms with Gasteiger partial charge in [-0.15, -0.1) is 0 Å². The average molecular weight is 341 g/mol. The molecule has 1 atom stereocenters. The Bertz CT molecular complexity index is 408. The molecule has 1 aliphatic rings. The van der Waals surface area contributed by atoms with Gasteiger partial charge in [-0.05, 0) is 50.4 Å². The number of aliphatic hydroxyl groups is 1. The molecule has 0 aliphatic carbocycles. The van der Waals surface area contributed by atoms with Crippen molar-refractivity contribution in [3.63, 3.8) is 0 Å². The quantitative estimate of drug-likeness (QED) is 0.440. The van der Waals surface area contributed by atoms with Crippen molar-refractivity contribution < 1.29 is 9.90 Å². The molecule has 1 aliphatic heterocycles. The normalized spacial score (nSPS) is 19.4. The Morgan fingerprint density at radius 3 is 2.62 bits per heavy atom. The van der Waals surface area contributed by atoms with E-state index in [9.17, 15) is 9.90 Å². The number of nitrogens with one attached hydrogen (secondary N) is 1. The lowest BCUT2D eigenvalue weighted by Crippen LogP contribution is -2.47. The molecule has 140 valence electrons. The van der Waals surface area contributed by atoms with Crippen LogP contribution >= 0.6 is 0 Å². The van der Waals surface area contributed by atoms with Crippen molar-refractivity contribution in [2.24, 2.45) is 22.1 Å². The van der Waals surface area contributed by atoms with E-state index in [-0.39, 0.29) is 17.9 Å². The predicted molar refractivity (Wildman–Crippen MR) is 98.8 cm³/mol. The maximum atomic E-state index is 11.2. The molecule has 1 fully saturated rings. The van der Waals surface area contributed by atoms with Gasteiger partial charge in [-0.1, -0.05) is 13.8 Å². The fraction of sp³-hybridized carbons (Fsp3) is 0.889. The standard InChI is InChI=1S/C18H36N4O2/c1-4-18(5-2,9-11-23)14-21-17(20-6-3)22-10-7-8-15(13-22)12-16(19)24/h15,23H,4-14H2,1-3H3,(H2,19,24)(H,20,21). The number of aliphatic imine (C=N–C) groups is 1. The summed E-state index contributed by atoms with van der Waals surface area (Å²) in [5.41, 5.74) is 5.43. The van der Waals surface area contributed by atoms with E-state index in [4.69, 9.17) is 10.7 Å². The van der Waals surface area contributed by atoms with Crippen LogP contribution in [0.25, 0.3) is 0 Å². The molecule has 1 rings (SSSR count). The van der Waals surface area contributed by atoms with Crippen LogP contribution in [0.5, 0.6) is 0 Å². The number of likely N-dealkylation sites (tertiary alicyclic amines) is 1. The molecule has 0 aromatic carbocycles. The largest absolute Gasteiger partial charge is 0.396 e. The van der Waals surface area contributed by atoms with Gasteiger partial charge < -0.3 is 21.1 Å². The molecule has 24 heavy (non-hydrogen) atoms. The van der Waals surface area contributed by atoms with Crippen molar-refractivity contribution in [2.45, 2.75) is 59.3 Å². The molecule has 0 aromatic heterocycles. The number of guanidine groups is 1. The number of rotatable bonds is 9. The number of aliphatic hydroxyl groups excluding tert-OH is 1. The molecule has 0 spiro atoms. The Labute approximate surface area is 146 Å². The van der Waals surface area contributed by atoms with Gasteiger partial charge in [0.1, 0.15) is 0 Å². The summed E-state index contributed by atoms with van der Waals surface area (Å²) in [4.78, 5) is 18.4. The summed E-state index contributed by atoms with van der Waals surface area (Å²) in [6.07, 6.45) is 5.37. The minimum atomic E-state index is -0.220. The SMILES string of the molecule is CCNC(=NCC(CC)(CC)CCO)N1CCCC(CC(N)=O)C1. The van der Waals surface area contributed by atoms with Crippen LogP contribution in [0.15, 0.2) is 4.99 Å². The summed E-state index contributed by atoms with van der Waals surface area (Å²) in [6.45, 7) is 9.96. The van der Waals surface area contributed by atoms with Gasteiger partial charge in [-0.2, -0.15) is 0 Å². The molecule has 0 bridgehead atoms. The van der Waals surface area contributed by atoms with Gasteiger partial charge in [0, 0.05) is 39.2 Å². The van der Waals surface area contributed by atoms with Crippen LogP contribution in [0.4, 0.5) is 0 Å². The van der Waals surface area contributed by atoms with E-state index in [1.165, 1.54) is 0 Å². The number of carbonyl (C=O) groups excluding carboxylic acids is 1. The fourth-order valence-electron chi connectivity index (χ4n) is 3.52. The third-order valence-corrected chi connectivity index (χ3v) is 5.35. The fourth-order valence-corrected chi connectivity index (χ4v) is 3.52. The lowest BCUT2D eigenvalue weighted by atomic mass is 9.79. The number of carbonyl (C=O) groups is 1. The van der Waals surface area contributed by atoms with Crippen molar-refractivity contribution in [2.75, 3.05) is 32.8 Å². The third-order valence-electron chi connectivity index (χ3n) is 5.35. The van der Waals surface area contributed by atoms with Crippen LogP contribution < -0.4 is 11.1 Å². The molecule has 0 saturated carbocycles. The van der Waals surface area contributed by atoms with Crippen LogP contribution in [0.1, 0.15) is 59.3 Å². The van der Waals surface area contributed by atoms with E-state index in [1.54, 1.807) is 0 Å². The lowest BCUT2D eigenvalue weighted by Gasteiger charge is -2.36. The number of hydrogen-bond acceptors (Lipinski definition) is 3. The first-order chi connectivity index (χ1) is 11.5. The third kappa shape index (κ3) is 6.30. The molecule has 4 N–H and O–H groups in total. The lowest BCUT2D eigenvalue weighted by molar-refractivity contribution is -0.119. The summed E-state index contributed by atoms with van der Waals surface area (Å²) < 4.78 is 0. The molecule has 1 unspecified atom stereocenters. The van der Waals surface area contributed by atoms with E-state index in [1.807, 2.05) is 0 Å². The molecule has 6 heteroatoms. The molecule has 1 amide bonds. The van der Waals surface area contributed by atoms with E-state index < -0.39 is 0 Å². The van der Waals surface area contributed by atoms with Crippen LogP contribution in [-0.2, 0) is 4.79 Å². The first-order valence-electron chi connectivity index (χ1n) is 9.42. The van der Waals surface area contributed by atoms with Gasteiger partial charge in [0.2, 0.25) is 5.91 Å². The molecule has 1 heterocycles. The van der Waals surface area contributed by atoms with Gasteiger partial charge in [-0.3, -0.25) is 9.79 Å². The van der Waals surface area contributed by atoms with Crippen molar-refractivity contribution in [3.8, 4) is 0 Å². The van der Waals surface area contributed by atoms with Crippen LogP contribution in [0.3, 0.4) is 0 Å². The number of piperidine rings is 1. The van der Waals surface area contributed by atoms with E-state index in [0.717, 1.165) is 64.2 Å². The van der Waals surface area contributed by atoms with Gasteiger partial charge >= 0.3 is 0 Å². The van der Waals surface area contributed by atoms with E-state index in [0.29, 0.717) is 12.3 Å². The van der Waals surface area contributed by atoms with Gasteiger partial charge in [0.25, 0.3) is 0 Å². The molecule has 6 nitrogen and oxygen atoms in total. The minimum absolute atomic E-state index is 0.0673. The second-order valence-electron chi connectivity index (χ2n) is 6.98. The first kappa shape index (κ1) is 20.7. The highest BCUT2D eigenvalue weighted by Gasteiger charge is 2.27. The second-order valence-corrected chi connectivity index (χ2v) is 6.98. The number of primary amides is 1. The van der Waals surface area contributed by atoms with Crippen LogP contribution in [0, 0.1) is 11.3 Å². The summed E-state index contributed by atoms with van der Waals surface area (Å²) in [5, 5.41) is 12.8. The monoisotopic (exact) mass is 340 g/mol. The highest BCUT2D eigenvalue weighted by Crippen LogP contribution is 2.31. The summed E-state index contributed by atoms with van der Waals surface area (Å²) in [5.74, 6) is 1.03. The Morgan fingerprint density at radius 2 is 2.08 bits per heavy atom. The van der Waals surface area contributed by atoms with Crippen LogP contribution in [-0.4, -0.2) is 54.7 Å². The highest BCUT2D eigenvalue weighted by molar-refractivity contribution is 5.80. The molecule has 1 saturated heterocycles. The Balaban J connectivity index is 2.81. The van der Waals surface area contributed by atoms with Crippen molar-refractivity contribution in [3.05, 3.63) is 0 Å². The van der Waals surface area contributed by atoms with Gasteiger partial charge in [-0.25, -0.2) is 0 Å². The molecular weight excluding hydrogens is 304 g/mol. The summed E-state index contributed by atoms with van der Waals surface area (Å²) >= 11 is 0. The number of amides is 1. The maximum absolute atomic E-state index is 11.2. The predicted octanol–water partition coefficient (Wildman–Crippen LogP) is 1.73. The molecule has 0 radical (unpaired) electrons. The summed E-state index contributed by atoms with van der Waals surface area (Å²) in [6, 6.07) is 0. The smallest absolute Gasteiger partial charge is 0.217 e. The second kappa shape index (κ2) is 10.5. The molecular formula is C18H36N4O2. The molecule has 0 aromatic rings. The topological polar surface area (TPSA) is 91.0 Å². The van der Waals surface area contributed by atoms with E-state index in [2.05, 4.69) is 31.0 Å². The number of nitrogens with zero attached hydrogens (tertiary/aromatic N) is 2. The average Bonchev–Trinajstić information content (AvgIpc) is 2.57. The number of nitrogens with two attached hydrogens (primary N) is 1. The van der Waals surface area contributed by atoms with E-state index >= 15 is 0 Å². The van der Waals surface area contributed by atoms with Crippen molar-refractivity contribution >= 4 is 11.9 Å². The number of hydrogen-bond donors (Lipinski definition) is 3. The highest BCUT2D eigenvalue weighted by atomic mass is 16.3. The zero-order valence-electron chi connectivity index (χ0n) is 15.7. The Morgan fingerprint density at radius 1 is 1.38 bits per heavy atom. The first-order valence-corrected chi connectivity index (χ1v) is 9.42. The zero-order valence-corrected chi connectivity index (χ0v) is 15.7. The van der Waals surface area contributed by atoms with Gasteiger partial charge in [0.15, 0.2) is 5.96 Å². The summed E-state index contributed by atoms with van der Waals surface area (Å²) in [7, 11) is 0. The zero-order chi connectivity index (χ0) is 18.0. The van der Waals surface area contributed by atoms with Crippen LogP contribution in [0.2, 0.25) is 0 Å². The Hall–Kier alpha value is -1.30. The van der Waals surface area contributed by atoms with Crippen molar-refractivity contribution in [1.82, 2.24) is 10.2 Å². The van der Waals surface area contributed by atoms with Gasteiger partial charge in [0.05, 0.1) is 0 Å². The Kier molecular flexibility index (Phi) is 9.11. The minimum Gasteiger partial charge on any atom is -0.396 e. The van der Waals surface area contributed by atoms with Crippen molar-refractivity contribution in [1.29, 1.82) is 0 Å². The maximum Gasteiger partial charge on any atom is 0.217 e.